The molecule has 0 bridgehead atoms. The Morgan fingerprint density at radius 1 is 1.12 bits per heavy atom. The van der Waals surface area contributed by atoms with Crippen molar-refractivity contribution in [3.8, 4) is 0 Å². The van der Waals surface area contributed by atoms with Gasteiger partial charge in [0, 0.05) is 0 Å². The van der Waals surface area contributed by atoms with Crippen molar-refractivity contribution in [1.29, 1.82) is 0 Å². The van der Waals surface area contributed by atoms with E-state index in [2.05, 4.69) is 16.2 Å². The van der Waals surface area contributed by atoms with Gasteiger partial charge >= 0.3 is 29.6 Å². The van der Waals surface area contributed by atoms with Crippen molar-refractivity contribution in [1.82, 2.24) is 0 Å². The number of hydrogen-bond acceptors (Lipinski definition) is 0. The molecule has 0 aromatic rings. The second kappa shape index (κ2) is 11.3. The molecule has 1 atom stereocenters. The summed E-state index contributed by atoms with van der Waals surface area (Å²) >= 11 is 0. The molecule has 8 heavy (non-hydrogen) atoms. The van der Waals surface area contributed by atoms with Crippen molar-refractivity contribution >= 4 is 38.8 Å². The predicted molar refractivity (Wildman–Crippen MR) is 45.9 cm³/mol. The van der Waals surface area contributed by atoms with Crippen LogP contribution in [0.25, 0.3) is 0 Å². The van der Waals surface area contributed by atoms with Crippen molar-refractivity contribution in [3.05, 3.63) is 0 Å². The molecule has 0 aromatic carbocycles. The first kappa shape index (κ1) is 12.1. The number of unbranched alkanes of at least 4 members (excludes halogenated alkanes) is 3. The van der Waals surface area contributed by atoms with E-state index >= 15 is 0 Å². The van der Waals surface area contributed by atoms with Crippen LogP contribution in [0.3, 0.4) is 0 Å². The molecule has 0 aliphatic heterocycles. The van der Waals surface area contributed by atoms with Gasteiger partial charge in [-0.3, -0.25) is 0 Å². The molecule has 1 unspecified atom stereocenters. The summed E-state index contributed by atoms with van der Waals surface area (Å²) in [5.41, 5.74) is 0. The molecule has 0 heterocycles. The first-order valence-electron chi connectivity index (χ1n) is 3.12. The molecular formula is C6H16NaP. The standard InChI is InChI=1S/C6H15P.Na.H/c1-2-3-4-5-6-7;;/h2-7H2,1H3;;. The van der Waals surface area contributed by atoms with Gasteiger partial charge in [-0.25, -0.2) is 0 Å². The van der Waals surface area contributed by atoms with E-state index in [1.54, 1.807) is 0 Å². The first-order chi connectivity index (χ1) is 3.41. The van der Waals surface area contributed by atoms with E-state index in [0.717, 1.165) is 0 Å². The minimum absolute atomic E-state index is 0. The Hall–Kier alpha value is 1.43. The van der Waals surface area contributed by atoms with Crippen LogP contribution in [0.1, 0.15) is 32.6 Å². The molecule has 0 radical (unpaired) electrons. The van der Waals surface area contributed by atoms with E-state index in [1.807, 2.05) is 0 Å². The van der Waals surface area contributed by atoms with Crippen molar-refractivity contribution in [2.75, 3.05) is 6.16 Å². The van der Waals surface area contributed by atoms with Crippen molar-refractivity contribution in [2.24, 2.45) is 0 Å². The van der Waals surface area contributed by atoms with Gasteiger partial charge in [0.25, 0.3) is 0 Å². The van der Waals surface area contributed by atoms with Gasteiger partial charge < -0.3 is 0 Å². The molecule has 46 valence electrons. The normalized spacial score (nSPS) is 8.25. The number of hydrogen-bond donors (Lipinski definition) is 0. The molecule has 0 nitrogen and oxygen atoms in total. The van der Waals surface area contributed by atoms with Crippen molar-refractivity contribution in [2.45, 2.75) is 32.6 Å². The monoisotopic (exact) mass is 142 g/mol. The van der Waals surface area contributed by atoms with Gasteiger partial charge in [-0.1, -0.05) is 26.2 Å². The molecule has 0 amide bonds. The molecule has 0 aliphatic carbocycles. The molecular weight excluding hydrogens is 126 g/mol. The summed E-state index contributed by atoms with van der Waals surface area (Å²) in [7, 11) is 2.75. The van der Waals surface area contributed by atoms with Crippen LogP contribution in [0, 0.1) is 0 Å². The molecule has 0 fully saturated rings. The Balaban J connectivity index is 0. The van der Waals surface area contributed by atoms with Crippen LogP contribution in [0.5, 0.6) is 0 Å². The molecule has 0 rings (SSSR count). The average Bonchev–Trinajstić information content (AvgIpc) is 1.69. The zero-order chi connectivity index (χ0) is 5.54. The van der Waals surface area contributed by atoms with Gasteiger partial charge in [-0.2, -0.15) is 0 Å². The van der Waals surface area contributed by atoms with Gasteiger partial charge in [0.05, 0.1) is 0 Å². The summed E-state index contributed by atoms with van der Waals surface area (Å²) < 4.78 is 0. The van der Waals surface area contributed by atoms with Crippen molar-refractivity contribution < 1.29 is 0 Å². The fourth-order valence-corrected chi connectivity index (χ4v) is 0.860. The molecule has 0 spiro atoms. The fourth-order valence-electron chi connectivity index (χ4n) is 0.571. The molecule has 0 aromatic heterocycles. The molecule has 0 N–H and O–H groups in total. The van der Waals surface area contributed by atoms with Crippen LogP contribution in [0.15, 0.2) is 0 Å². The van der Waals surface area contributed by atoms with E-state index < -0.39 is 0 Å². The maximum atomic E-state index is 2.75. The third kappa shape index (κ3) is 10.4. The Bertz CT molecular complexity index is 27.7. The van der Waals surface area contributed by atoms with E-state index in [-0.39, 0.29) is 29.6 Å². The third-order valence-corrected chi connectivity index (χ3v) is 1.47. The maximum absolute atomic E-state index is 2.75. The van der Waals surface area contributed by atoms with E-state index in [4.69, 9.17) is 0 Å². The Morgan fingerprint density at radius 3 is 2.12 bits per heavy atom. The second-order valence-corrected chi connectivity index (χ2v) is 2.43. The van der Waals surface area contributed by atoms with Crippen molar-refractivity contribution in [3.63, 3.8) is 0 Å². The fraction of sp³-hybridized carbons (Fsp3) is 1.00. The molecule has 2 heteroatoms. The van der Waals surface area contributed by atoms with Crippen LogP contribution in [0.4, 0.5) is 0 Å². The molecule has 0 aliphatic rings. The first-order valence-corrected chi connectivity index (χ1v) is 3.93. The minimum atomic E-state index is 0. The van der Waals surface area contributed by atoms with Gasteiger partial charge in [0.1, 0.15) is 0 Å². The summed E-state index contributed by atoms with van der Waals surface area (Å²) in [4.78, 5) is 0. The van der Waals surface area contributed by atoms with Crippen LogP contribution >= 0.6 is 9.24 Å². The third-order valence-electron chi connectivity index (χ3n) is 1.06. The Kier molecular flexibility index (Phi) is 17.1. The van der Waals surface area contributed by atoms with Crippen LogP contribution in [-0.2, 0) is 0 Å². The van der Waals surface area contributed by atoms with E-state index in [0.29, 0.717) is 0 Å². The molecule has 0 saturated carbocycles. The second-order valence-electron chi connectivity index (χ2n) is 1.85. The summed E-state index contributed by atoms with van der Waals surface area (Å²) in [5.74, 6) is 0. The van der Waals surface area contributed by atoms with Gasteiger partial charge in [0.15, 0.2) is 0 Å². The van der Waals surface area contributed by atoms with E-state index in [9.17, 15) is 0 Å². The predicted octanol–water partition coefficient (Wildman–Crippen LogP) is 1.79. The van der Waals surface area contributed by atoms with Crippen LogP contribution in [0.2, 0.25) is 0 Å². The summed E-state index contributed by atoms with van der Waals surface area (Å²) in [6.45, 7) is 2.24. The quantitative estimate of drug-likeness (QED) is 0.319. The average molecular weight is 142 g/mol. The topological polar surface area (TPSA) is 0 Å². The zero-order valence-corrected chi connectivity index (χ0v) is 6.27. The van der Waals surface area contributed by atoms with Gasteiger partial charge in [-0.15, -0.1) is 9.24 Å². The Morgan fingerprint density at radius 2 is 1.75 bits per heavy atom. The van der Waals surface area contributed by atoms with E-state index in [1.165, 1.54) is 31.8 Å². The zero-order valence-electron chi connectivity index (χ0n) is 5.11. The number of rotatable bonds is 4. The van der Waals surface area contributed by atoms with Gasteiger partial charge in [-0.05, 0) is 12.6 Å². The van der Waals surface area contributed by atoms with Crippen LogP contribution < -0.4 is 0 Å². The van der Waals surface area contributed by atoms with Gasteiger partial charge in [0.2, 0.25) is 0 Å². The Labute approximate surface area is 77.3 Å². The molecule has 0 saturated heterocycles. The summed E-state index contributed by atoms with van der Waals surface area (Å²) in [6.07, 6.45) is 6.84. The SMILES string of the molecule is CCCCCCP.[NaH]. The summed E-state index contributed by atoms with van der Waals surface area (Å²) in [6, 6.07) is 0. The summed E-state index contributed by atoms with van der Waals surface area (Å²) in [5, 5.41) is 0. The van der Waals surface area contributed by atoms with Crippen LogP contribution in [-0.4, -0.2) is 35.7 Å².